The number of ether oxygens (including phenoxy) is 1. The maximum absolute atomic E-state index is 13.1. The molecule has 0 fully saturated rings. The van der Waals surface area contributed by atoms with E-state index < -0.39 is 0 Å². The molecule has 0 amide bonds. The van der Waals surface area contributed by atoms with E-state index in [1.165, 1.54) is 11.3 Å². The molecule has 0 spiro atoms. The first-order valence-electron chi connectivity index (χ1n) is 7.38. The molecule has 120 valence electrons. The van der Waals surface area contributed by atoms with Gasteiger partial charge in [0.15, 0.2) is 5.43 Å². The van der Waals surface area contributed by atoms with Gasteiger partial charge in [-0.25, -0.2) is 4.98 Å². The summed E-state index contributed by atoms with van der Waals surface area (Å²) in [6.07, 6.45) is 0. The van der Waals surface area contributed by atoms with Gasteiger partial charge in [-0.15, -0.1) is 11.3 Å². The van der Waals surface area contributed by atoms with Crippen molar-refractivity contribution < 1.29 is 9.84 Å². The maximum Gasteiger partial charge on any atom is 0.232 e. The number of aromatic nitrogens is 1. The van der Waals surface area contributed by atoms with Gasteiger partial charge in [-0.2, -0.15) is 0 Å². The highest BCUT2D eigenvalue weighted by atomic mass is 35.5. The molecule has 24 heavy (non-hydrogen) atoms. The Morgan fingerprint density at radius 1 is 1.08 bits per heavy atom. The van der Waals surface area contributed by atoms with Gasteiger partial charge in [0.2, 0.25) is 5.88 Å². The summed E-state index contributed by atoms with van der Waals surface area (Å²) in [7, 11) is 0. The molecule has 0 aliphatic carbocycles. The van der Waals surface area contributed by atoms with Crippen molar-refractivity contribution >= 4 is 54.0 Å². The van der Waals surface area contributed by atoms with Crippen molar-refractivity contribution in [1.29, 1.82) is 0 Å². The molecule has 0 aliphatic rings. The molecule has 4 nitrogen and oxygen atoms in total. The number of aliphatic hydroxyl groups excluding tert-OH is 1. The standard InChI is InChI=1S/C18H12ClNO3S/c19-12-6-3-5-11-15(22)14-10-4-1-2-7-13(10)20-18(23-9-8-21)17(14)24-16(11)12/h1-7,21H,8-9H2. The van der Waals surface area contributed by atoms with Crippen molar-refractivity contribution in [3.8, 4) is 5.88 Å². The fraction of sp³-hybridized carbons (Fsp3) is 0.111. The summed E-state index contributed by atoms with van der Waals surface area (Å²) >= 11 is 7.66. The number of aliphatic hydroxyl groups is 1. The third-order valence-corrected chi connectivity index (χ3v) is 5.44. The van der Waals surface area contributed by atoms with Crippen LogP contribution in [0.4, 0.5) is 0 Å². The van der Waals surface area contributed by atoms with Crippen molar-refractivity contribution in [3.05, 3.63) is 57.7 Å². The van der Waals surface area contributed by atoms with Crippen molar-refractivity contribution in [2.75, 3.05) is 13.2 Å². The molecule has 1 N–H and O–H groups in total. The van der Waals surface area contributed by atoms with Crippen LogP contribution < -0.4 is 10.2 Å². The summed E-state index contributed by atoms with van der Waals surface area (Å²) < 4.78 is 6.94. The first kappa shape index (κ1) is 15.3. The minimum atomic E-state index is -0.126. The Morgan fingerprint density at radius 2 is 1.88 bits per heavy atom. The monoisotopic (exact) mass is 357 g/mol. The fourth-order valence-corrected chi connectivity index (χ4v) is 4.19. The average Bonchev–Trinajstić information content (AvgIpc) is 2.60. The number of rotatable bonds is 3. The van der Waals surface area contributed by atoms with E-state index >= 15 is 0 Å². The van der Waals surface area contributed by atoms with Gasteiger partial charge >= 0.3 is 0 Å². The molecule has 6 heteroatoms. The molecule has 0 radical (unpaired) electrons. The van der Waals surface area contributed by atoms with Gasteiger partial charge in [0, 0.05) is 10.8 Å². The highest BCUT2D eigenvalue weighted by Gasteiger charge is 2.16. The zero-order valence-corrected chi connectivity index (χ0v) is 14.0. The van der Waals surface area contributed by atoms with Gasteiger partial charge in [0.05, 0.1) is 27.2 Å². The Balaban J connectivity index is 2.24. The molecule has 2 aromatic carbocycles. The molecule has 4 rings (SSSR count). The Hall–Kier alpha value is -2.21. The van der Waals surface area contributed by atoms with Crippen LogP contribution >= 0.6 is 22.9 Å². The number of benzene rings is 2. The molecule has 0 aliphatic heterocycles. The first-order chi connectivity index (χ1) is 11.7. The van der Waals surface area contributed by atoms with E-state index in [1.807, 2.05) is 24.3 Å². The van der Waals surface area contributed by atoms with Crippen molar-refractivity contribution in [3.63, 3.8) is 0 Å². The minimum absolute atomic E-state index is 0.0892. The van der Waals surface area contributed by atoms with Crippen molar-refractivity contribution in [1.82, 2.24) is 4.98 Å². The molecule has 2 heterocycles. The lowest BCUT2D eigenvalue weighted by Crippen LogP contribution is -2.07. The lowest BCUT2D eigenvalue weighted by Gasteiger charge is -2.10. The topological polar surface area (TPSA) is 59.4 Å². The zero-order valence-electron chi connectivity index (χ0n) is 12.5. The van der Waals surface area contributed by atoms with Crippen LogP contribution in [0.25, 0.3) is 31.1 Å². The Morgan fingerprint density at radius 3 is 2.71 bits per heavy atom. The molecule has 0 saturated carbocycles. The lowest BCUT2D eigenvalue weighted by molar-refractivity contribution is 0.199. The molecule has 4 aromatic rings. The summed E-state index contributed by atoms with van der Waals surface area (Å²) in [6, 6.07) is 12.8. The van der Waals surface area contributed by atoms with E-state index in [1.54, 1.807) is 18.2 Å². The van der Waals surface area contributed by atoms with Crippen LogP contribution in [-0.2, 0) is 0 Å². The van der Waals surface area contributed by atoms with E-state index in [0.29, 0.717) is 36.6 Å². The van der Waals surface area contributed by atoms with E-state index in [9.17, 15) is 4.79 Å². The molecule has 0 atom stereocenters. The fourth-order valence-electron chi connectivity index (χ4n) is 2.76. The second kappa shape index (κ2) is 6.02. The van der Waals surface area contributed by atoms with Crippen molar-refractivity contribution in [2.45, 2.75) is 0 Å². The minimum Gasteiger partial charge on any atom is -0.474 e. The highest BCUT2D eigenvalue weighted by molar-refractivity contribution is 7.25. The zero-order chi connectivity index (χ0) is 16.7. The predicted octanol–water partition coefficient (Wildman–Crippen LogP) is 3.99. The molecular formula is C18H12ClNO3S. The molecule has 0 saturated heterocycles. The number of hydrogen-bond donors (Lipinski definition) is 1. The van der Waals surface area contributed by atoms with Gasteiger partial charge in [0.1, 0.15) is 11.3 Å². The summed E-state index contributed by atoms with van der Waals surface area (Å²) in [5.74, 6) is 0.349. The van der Waals surface area contributed by atoms with Gasteiger partial charge in [-0.05, 0) is 18.2 Å². The van der Waals surface area contributed by atoms with Crippen LogP contribution in [0.3, 0.4) is 0 Å². The van der Waals surface area contributed by atoms with Crippen LogP contribution in [0.15, 0.2) is 47.3 Å². The summed E-state index contributed by atoms with van der Waals surface area (Å²) in [4.78, 5) is 17.6. The second-order valence-electron chi connectivity index (χ2n) is 5.26. The Labute approximate surface area is 145 Å². The van der Waals surface area contributed by atoms with Gasteiger partial charge in [0.25, 0.3) is 0 Å². The third kappa shape index (κ3) is 2.33. The number of pyridine rings is 1. The number of hydrogen-bond acceptors (Lipinski definition) is 5. The van der Waals surface area contributed by atoms with Crippen molar-refractivity contribution in [2.24, 2.45) is 0 Å². The van der Waals surface area contributed by atoms with Crippen LogP contribution in [0.2, 0.25) is 5.02 Å². The van der Waals surface area contributed by atoms with Gasteiger partial charge in [-0.3, -0.25) is 4.79 Å². The first-order valence-corrected chi connectivity index (χ1v) is 8.57. The second-order valence-corrected chi connectivity index (χ2v) is 6.69. The summed E-state index contributed by atoms with van der Waals surface area (Å²) in [5, 5.41) is 11.5. The van der Waals surface area contributed by atoms with E-state index in [-0.39, 0.29) is 18.6 Å². The SMILES string of the molecule is O=c1c2cccc(Cl)c2sc2c(OCCO)nc3ccccc3c12. The van der Waals surface area contributed by atoms with E-state index in [4.69, 9.17) is 21.4 Å². The molecule has 0 unspecified atom stereocenters. The number of para-hydroxylation sites is 1. The number of halogens is 1. The average molecular weight is 358 g/mol. The molecular weight excluding hydrogens is 346 g/mol. The Kier molecular flexibility index (Phi) is 3.84. The van der Waals surface area contributed by atoms with Crippen LogP contribution in [0.5, 0.6) is 5.88 Å². The van der Waals surface area contributed by atoms with Crippen LogP contribution in [0.1, 0.15) is 0 Å². The number of fused-ring (bicyclic) bond motifs is 4. The highest BCUT2D eigenvalue weighted by Crippen LogP contribution is 2.37. The van der Waals surface area contributed by atoms with Gasteiger partial charge in [-0.1, -0.05) is 35.9 Å². The molecule has 0 bridgehead atoms. The summed E-state index contributed by atoms with van der Waals surface area (Å²) in [5.41, 5.74) is 0.595. The quantitative estimate of drug-likeness (QED) is 0.445. The largest absolute Gasteiger partial charge is 0.474 e. The van der Waals surface area contributed by atoms with Gasteiger partial charge < -0.3 is 9.84 Å². The molecule has 2 aromatic heterocycles. The summed E-state index contributed by atoms with van der Waals surface area (Å²) in [6.45, 7) is -0.0128. The smallest absolute Gasteiger partial charge is 0.232 e. The van der Waals surface area contributed by atoms with E-state index in [2.05, 4.69) is 4.98 Å². The van der Waals surface area contributed by atoms with Crippen LogP contribution in [0, 0.1) is 0 Å². The normalized spacial score (nSPS) is 11.4. The third-order valence-electron chi connectivity index (χ3n) is 3.79. The van der Waals surface area contributed by atoms with E-state index in [0.717, 1.165) is 5.39 Å². The maximum atomic E-state index is 13.1. The lowest BCUT2D eigenvalue weighted by atomic mass is 10.1. The van der Waals surface area contributed by atoms with Crippen LogP contribution in [-0.4, -0.2) is 23.3 Å². The predicted molar refractivity (Wildman–Crippen MR) is 98.5 cm³/mol. The number of nitrogens with zero attached hydrogens (tertiary/aromatic N) is 1. The Bertz CT molecular complexity index is 1140.